The zero-order valence-electron chi connectivity index (χ0n) is 12.1. The fraction of sp³-hybridized carbons (Fsp3) is 0.429. The summed E-state index contributed by atoms with van der Waals surface area (Å²) in [5, 5.41) is 2.72. The van der Waals surface area contributed by atoms with E-state index in [1.807, 2.05) is 13.8 Å². The zero-order valence-corrected chi connectivity index (χ0v) is 12.1. The van der Waals surface area contributed by atoms with Crippen molar-refractivity contribution in [2.75, 3.05) is 25.9 Å². The van der Waals surface area contributed by atoms with Crippen LogP contribution < -0.4 is 15.8 Å². The van der Waals surface area contributed by atoms with Crippen LogP contribution in [0.3, 0.4) is 0 Å². The summed E-state index contributed by atoms with van der Waals surface area (Å²) in [5.41, 5.74) is 6.18. The van der Waals surface area contributed by atoms with Gasteiger partial charge in [-0.3, -0.25) is 9.59 Å². The number of amides is 2. The number of carbonyl (C=O) groups is 2. The third kappa shape index (κ3) is 5.60. The van der Waals surface area contributed by atoms with Gasteiger partial charge in [0.15, 0.2) is 6.61 Å². The van der Waals surface area contributed by atoms with Crippen LogP contribution in [0, 0.1) is 0 Å². The number of nitrogens with zero attached hydrogens (tertiary/aromatic N) is 1. The first-order valence-electron chi connectivity index (χ1n) is 6.40. The number of anilines is 1. The maximum Gasteiger partial charge on any atom is 0.260 e. The number of ether oxygens (including phenoxy) is 1. The molecule has 6 nitrogen and oxygen atoms in total. The van der Waals surface area contributed by atoms with Gasteiger partial charge in [-0.2, -0.15) is 0 Å². The Balaban J connectivity index is 2.40. The van der Waals surface area contributed by atoms with Crippen molar-refractivity contribution in [3.05, 3.63) is 24.3 Å². The maximum atomic E-state index is 11.8. The Kier molecular flexibility index (Phi) is 5.83. The Morgan fingerprint density at radius 2 is 2.10 bits per heavy atom. The molecule has 1 aromatic rings. The Morgan fingerprint density at radius 3 is 2.70 bits per heavy atom. The minimum atomic E-state index is -0.272. The van der Waals surface area contributed by atoms with E-state index in [2.05, 4.69) is 5.32 Å². The third-order valence-corrected chi connectivity index (χ3v) is 2.48. The fourth-order valence-electron chi connectivity index (χ4n) is 1.53. The molecule has 0 aromatic heterocycles. The average Bonchev–Trinajstić information content (AvgIpc) is 2.34. The highest BCUT2D eigenvalue weighted by atomic mass is 16.5. The quantitative estimate of drug-likeness (QED) is 0.748. The summed E-state index contributed by atoms with van der Waals surface area (Å²) in [7, 11) is 1.56. The summed E-state index contributed by atoms with van der Waals surface area (Å²) in [6, 6.07) is 6.88. The normalized spacial score (nSPS) is 10.2. The lowest BCUT2D eigenvalue weighted by molar-refractivity contribution is -0.136. The van der Waals surface area contributed by atoms with Crippen molar-refractivity contribution in [1.82, 2.24) is 10.2 Å². The van der Waals surface area contributed by atoms with Crippen molar-refractivity contribution < 1.29 is 14.3 Å². The minimum Gasteiger partial charge on any atom is -0.484 e. The van der Waals surface area contributed by atoms with Gasteiger partial charge in [0.25, 0.3) is 5.91 Å². The Morgan fingerprint density at radius 1 is 1.40 bits per heavy atom. The molecular formula is C14H21N3O3. The van der Waals surface area contributed by atoms with Gasteiger partial charge in [0, 0.05) is 24.8 Å². The first kappa shape index (κ1) is 15.8. The number of rotatable bonds is 6. The molecule has 2 amide bonds. The largest absolute Gasteiger partial charge is 0.484 e. The van der Waals surface area contributed by atoms with Crippen molar-refractivity contribution >= 4 is 17.5 Å². The van der Waals surface area contributed by atoms with Gasteiger partial charge >= 0.3 is 0 Å². The highest BCUT2D eigenvalue weighted by molar-refractivity contribution is 5.85. The molecule has 0 unspecified atom stereocenters. The van der Waals surface area contributed by atoms with Crippen LogP contribution in [0.1, 0.15) is 13.8 Å². The lowest BCUT2D eigenvalue weighted by Gasteiger charge is -2.18. The van der Waals surface area contributed by atoms with E-state index >= 15 is 0 Å². The van der Waals surface area contributed by atoms with E-state index < -0.39 is 0 Å². The number of nitrogens with one attached hydrogen (secondary N) is 1. The maximum absolute atomic E-state index is 11.8. The molecule has 0 atom stereocenters. The van der Waals surface area contributed by atoms with E-state index in [0.29, 0.717) is 11.4 Å². The fourth-order valence-corrected chi connectivity index (χ4v) is 1.53. The van der Waals surface area contributed by atoms with Crippen molar-refractivity contribution in [2.45, 2.75) is 19.9 Å². The van der Waals surface area contributed by atoms with Gasteiger partial charge in [-0.25, -0.2) is 0 Å². The van der Waals surface area contributed by atoms with E-state index in [0.717, 1.165) is 0 Å². The Labute approximate surface area is 118 Å². The first-order valence-corrected chi connectivity index (χ1v) is 6.40. The third-order valence-electron chi connectivity index (χ3n) is 2.48. The second kappa shape index (κ2) is 7.37. The minimum absolute atomic E-state index is 0.0112. The molecule has 0 fully saturated rings. The summed E-state index contributed by atoms with van der Waals surface area (Å²) in [5.74, 6) is 0.0597. The van der Waals surface area contributed by atoms with E-state index in [-0.39, 0.29) is 31.0 Å². The topological polar surface area (TPSA) is 84.7 Å². The van der Waals surface area contributed by atoms with Gasteiger partial charge in [0.2, 0.25) is 5.91 Å². The molecule has 0 spiro atoms. The monoisotopic (exact) mass is 279 g/mol. The molecule has 0 saturated carbocycles. The van der Waals surface area contributed by atoms with Gasteiger partial charge < -0.3 is 20.7 Å². The molecule has 0 radical (unpaired) electrons. The van der Waals surface area contributed by atoms with E-state index in [4.69, 9.17) is 10.5 Å². The number of nitrogen functional groups attached to an aromatic ring is 1. The number of likely N-dealkylation sites (N-methyl/N-ethyl adjacent to an activating group) is 1. The molecular weight excluding hydrogens is 258 g/mol. The van der Waals surface area contributed by atoms with Crippen molar-refractivity contribution in [1.29, 1.82) is 0 Å². The van der Waals surface area contributed by atoms with Crippen molar-refractivity contribution in [2.24, 2.45) is 0 Å². The zero-order chi connectivity index (χ0) is 15.1. The molecule has 110 valence electrons. The van der Waals surface area contributed by atoms with Crippen LogP contribution in [0.15, 0.2) is 24.3 Å². The van der Waals surface area contributed by atoms with Crippen molar-refractivity contribution in [3.63, 3.8) is 0 Å². The number of carbonyl (C=O) groups excluding carboxylic acids is 2. The lowest BCUT2D eigenvalue weighted by Crippen LogP contribution is -2.42. The summed E-state index contributed by atoms with van der Waals surface area (Å²) < 4.78 is 5.33. The van der Waals surface area contributed by atoms with Gasteiger partial charge in [-0.1, -0.05) is 6.07 Å². The molecule has 1 aromatic carbocycles. The smallest absolute Gasteiger partial charge is 0.260 e. The van der Waals surface area contributed by atoms with Gasteiger partial charge in [0.05, 0.1) is 6.54 Å². The van der Waals surface area contributed by atoms with Crippen LogP contribution in [0.5, 0.6) is 5.75 Å². The molecule has 0 aliphatic carbocycles. The molecule has 0 bridgehead atoms. The highest BCUT2D eigenvalue weighted by Crippen LogP contribution is 2.14. The molecule has 0 heterocycles. The Hall–Kier alpha value is -2.24. The summed E-state index contributed by atoms with van der Waals surface area (Å²) >= 11 is 0. The van der Waals surface area contributed by atoms with Crippen LogP contribution >= 0.6 is 0 Å². The van der Waals surface area contributed by atoms with Crippen LogP contribution in [0.4, 0.5) is 5.69 Å². The van der Waals surface area contributed by atoms with E-state index in [1.54, 1.807) is 31.3 Å². The standard InChI is InChI=1S/C14H21N3O3/c1-10(2)16-13(18)8-17(3)14(19)9-20-12-6-4-5-11(15)7-12/h4-7,10H,8-9,15H2,1-3H3,(H,16,18). The molecule has 3 N–H and O–H groups in total. The van der Waals surface area contributed by atoms with Gasteiger partial charge in [0.1, 0.15) is 5.75 Å². The molecule has 0 aliphatic rings. The number of hydrogen-bond donors (Lipinski definition) is 2. The number of hydrogen-bond acceptors (Lipinski definition) is 4. The van der Waals surface area contributed by atoms with E-state index in [9.17, 15) is 9.59 Å². The van der Waals surface area contributed by atoms with E-state index in [1.165, 1.54) is 4.90 Å². The SMILES string of the molecule is CC(C)NC(=O)CN(C)C(=O)COc1cccc(N)c1. The predicted octanol–water partition coefficient (Wildman–Crippen LogP) is 0.631. The summed E-state index contributed by atoms with van der Waals surface area (Å²) in [6.07, 6.45) is 0. The van der Waals surface area contributed by atoms with Crippen LogP contribution in [-0.4, -0.2) is 43.0 Å². The lowest BCUT2D eigenvalue weighted by atomic mass is 10.3. The number of benzene rings is 1. The van der Waals surface area contributed by atoms with Gasteiger partial charge in [-0.05, 0) is 26.0 Å². The second-order valence-electron chi connectivity index (χ2n) is 4.83. The van der Waals surface area contributed by atoms with Crippen LogP contribution in [0.2, 0.25) is 0 Å². The molecule has 0 saturated heterocycles. The molecule has 6 heteroatoms. The average molecular weight is 279 g/mol. The van der Waals surface area contributed by atoms with Gasteiger partial charge in [-0.15, -0.1) is 0 Å². The second-order valence-corrected chi connectivity index (χ2v) is 4.83. The Bertz CT molecular complexity index is 474. The van der Waals surface area contributed by atoms with Crippen LogP contribution in [0.25, 0.3) is 0 Å². The molecule has 0 aliphatic heterocycles. The first-order chi connectivity index (χ1) is 9.38. The highest BCUT2D eigenvalue weighted by Gasteiger charge is 2.14. The van der Waals surface area contributed by atoms with Crippen LogP contribution in [-0.2, 0) is 9.59 Å². The summed E-state index contributed by atoms with van der Waals surface area (Å²) in [4.78, 5) is 24.7. The summed E-state index contributed by atoms with van der Waals surface area (Å²) in [6.45, 7) is 3.61. The number of nitrogens with two attached hydrogens (primary N) is 1. The molecule has 20 heavy (non-hydrogen) atoms. The molecule has 1 rings (SSSR count). The van der Waals surface area contributed by atoms with Crippen molar-refractivity contribution in [3.8, 4) is 5.75 Å². The predicted molar refractivity (Wildman–Crippen MR) is 77.3 cm³/mol.